The Bertz CT molecular complexity index is 438. The molecule has 4 nitrogen and oxygen atoms in total. The van der Waals surface area contributed by atoms with Crippen LogP contribution in [0.5, 0.6) is 5.75 Å². The summed E-state index contributed by atoms with van der Waals surface area (Å²) in [6.45, 7) is 2.13. The molecule has 0 radical (unpaired) electrons. The number of nitrogens with zero attached hydrogens (tertiary/aromatic N) is 1. The summed E-state index contributed by atoms with van der Waals surface area (Å²) in [7, 11) is 1.85. The minimum absolute atomic E-state index is 0.0496. The zero-order valence-electron chi connectivity index (χ0n) is 12.3. The Morgan fingerprint density at radius 2 is 2.05 bits per heavy atom. The molecule has 0 saturated heterocycles. The van der Waals surface area contributed by atoms with Crippen molar-refractivity contribution in [3.05, 3.63) is 29.8 Å². The molecule has 2 N–H and O–H groups in total. The molecule has 1 unspecified atom stereocenters. The number of aryl methyl sites for hydroxylation is 1. The maximum absolute atomic E-state index is 11.8. The summed E-state index contributed by atoms with van der Waals surface area (Å²) in [6, 6.07) is 8.56. The van der Waals surface area contributed by atoms with Crippen molar-refractivity contribution in [2.45, 2.75) is 44.7 Å². The number of hydrogen-bond donors (Lipinski definition) is 1. The average Bonchev–Trinajstić information content (AvgIpc) is 3.27. The third kappa shape index (κ3) is 4.53. The first-order valence-electron chi connectivity index (χ1n) is 7.29. The van der Waals surface area contributed by atoms with Crippen LogP contribution in [0, 0.1) is 0 Å². The quantitative estimate of drug-likeness (QED) is 0.828. The number of carbonyl (C=O) groups excluding carboxylic acids is 1. The van der Waals surface area contributed by atoms with Gasteiger partial charge in [0.25, 0.3) is 5.91 Å². The first-order valence-corrected chi connectivity index (χ1v) is 7.29. The van der Waals surface area contributed by atoms with Gasteiger partial charge in [0, 0.05) is 19.1 Å². The van der Waals surface area contributed by atoms with Crippen LogP contribution in [-0.4, -0.2) is 36.5 Å². The second-order valence-corrected chi connectivity index (χ2v) is 5.68. The Kier molecular flexibility index (Phi) is 5.01. The molecule has 1 aliphatic rings. The molecule has 20 heavy (non-hydrogen) atoms. The van der Waals surface area contributed by atoms with E-state index in [9.17, 15) is 4.79 Å². The summed E-state index contributed by atoms with van der Waals surface area (Å²) in [5.41, 5.74) is 6.99. The van der Waals surface area contributed by atoms with E-state index in [0.29, 0.717) is 6.04 Å². The van der Waals surface area contributed by atoms with Gasteiger partial charge in [-0.25, -0.2) is 0 Å². The number of likely N-dealkylation sites (N-methyl/N-ethyl adjacent to an activating group) is 1. The van der Waals surface area contributed by atoms with Gasteiger partial charge in [-0.05, 0) is 50.3 Å². The predicted octanol–water partition coefficient (Wildman–Crippen LogP) is 1.97. The topological polar surface area (TPSA) is 55.6 Å². The van der Waals surface area contributed by atoms with Crippen molar-refractivity contribution >= 4 is 5.91 Å². The average molecular weight is 276 g/mol. The number of ether oxygens (including phenoxy) is 1. The molecule has 1 aliphatic carbocycles. The van der Waals surface area contributed by atoms with Crippen molar-refractivity contribution in [1.29, 1.82) is 0 Å². The Labute approximate surface area is 120 Å². The van der Waals surface area contributed by atoms with Crippen molar-refractivity contribution < 1.29 is 9.53 Å². The molecule has 1 amide bonds. The van der Waals surface area contributed by atoms with Crippen molar-refractivity contribution in [3.63, 3.8) is 0 Å². The molecule has 0 spiro atoms. The Balaban J connectivity index is 1.76. The van der Waals surface area contributed by atoms with Gasteiger partial charge in [-0.15, -0.1) is 0 Å². The molecule has 0 aliphatic heterocycles. The van der Waals surface area contributed by atoms with Crippen molar-refractivity contribution in [2.24, 2.45) is 5.73 Å². The lowest BCUT2D eigenvalue weighted by Gasteiger charge is -2.16. The smallest absolute Gasteiger partial charge is 0.260 e. The Morgan fingerprint density at radius 3 is 2.60 bits per heavy atom. The molecule has 1 aromatic carbocycles. The van der Waals surface area contributed by atoms with Gasteiger partial charge in [-0.2, -0.15) is 0 Å². The van der Waals surface area contributed by atoms with E-state index in [1.807, 2.05) is 38.2 Å². The first kappa shape index (κ1) is 14.9. The maximum Gasteiger partial charge on any atom is 0.260 e. The monoisotopic (exact) mass is 276 g/mol. The van der Waals surface area contributed by atoms with Crippen LogP contribution in [0.25, 0.3) is 0 Å². The minimum Gasteiger partial charge on any atom is -0.484 e. The highest BCUT2D eigenvalue weighted by atomic mass is 16.5. The van der Waals surface area contributed by atoms with Gasteiger partial charge in [0.15, 0.2) is 6.61 Å². The number of nitrogens with two attached hydrogens (primary N) is 1. The lowest BCUT2D eigenvalue weighted by atomic mass is 10.1. The summed E-state index contributed by atoms with van der Waals surface area (Å²) in [6.07, 6.45) is 4.19. The molecule has 110 valence electrons. The minimum atomic E-state index is 0.0496. The number of rotatable bonds is 7. The highest BCUT2D eigenvalue weighted by molar-refractivity contribution is 5.78. The number of benzene rings is 1. The fourth-order valence-corrected chi connectivity index (χ4v) is 2.06. The van der Waals surface area contributed by atoms with Gasteiger partial charge in [0.2, 0.25) is 0 Å². The van der Waals surface area contributed by atoms with Crippen LogP contribution in [0.1, 0.15) is 31.7 Å². The van der Waals surface area contributed by atoms with E-state index in [1.165, 1.54) is 5.56 Å². The molecule has 1 fully saturated rings. The predicted molar refractivity (Wildman–Crippen MR) is 79.7 cm³/mol. The molecule has 1 saturated carbocycles. The highest BCUT2D eigenvalue weighted by Gasteiger charge is 2.29. The molecule has 0 heterocycles. The van der Waals surface area contributed by atoms with E-state index < -0.39 is 0 Å². The second-order valence-electron chi connectivity index (χ2n) is 5.68. The van der Waals surface area contributed by atoms with E-state index in [2.05, 4.69) is 0 Å². The van der Waals surface area contributed by atoms with Gasteiger partial charge in [0.1, 0.15) is 5.75 Å². The largest absolute Gasteiger partial charge is 0.484 e. The molecular weight excluding hydrogens is 252 g/mol. The van der Waals surface area contributed by atoms with Gasteiger partial charge >= 0.3 is 0 Å². The van der Waals surface area contributed by atoms with E-state index in [4.69, 9.17) is 10.5 Å². The third-order valence-corrected chi connectivity index (χ3v) is 3.66. The van der Waals surface area contributed by atoms with E-state index >= 15 is 0 Å². The van der Waals surface area contributed by atoms with Crippen LogP contribution < -0.4 is 10.5 Å². The fourth-order valence-electron chi connectivity index (χ4n) is 2.06. The van der Waals surface area contributed by atoms with Crippen molar-refractivity contribution in [2.75, 3.05) is 13.7 Å². The van der Waals surface area contributed by atoms with Crippen LogP contribution in [0.15, 0.2) is 24.3 Å². The molecule has 0 aromatic heterocycles. The number of amides is 1. The van der Waals surface area contributed by atoms with E-state index in [0.717, 1.165) is 31.4 Å². The lowest BCUT2D eigenvalue weighted by molar-refractivity contribution is -0.132. The van der Waals surface area contributed by atoms with Crippen LogP contribution in [0.3, 0.4) is 0 Å². The number of carbonyl (C=O) groups is 1. The fraction of sp³-hybridized carbons (Fsp3) is 0.562. The van der Waals surface area contributed by atoms with Gasteiger partial charge in [-0.1, -0.05) is 12.1 Å². The maximum atomic E-state index is 11.8. The molecule has 1 aromatic rings. The lowest BCUT2D eigenvalue weighted by Crippen LogP contribution is -2.33. The zero-order valence-corrected chi connectivity index (χ0v) is 12.3. The van der Waals surface area contributed by atoms with Crippen molar-refractivity contribution in [1.82, 2.24) is 4.90 Å². The Hall–Kier alpha value is -1.55. The van der Waals surface area contributed by atoms with Gasteiger partial charge in [0.05, 0.1) is 0 Å². The van der Waals surface area contributed by atoms with Crippen LogP contribution in [0.2, 0.25) is 0 Å². The second kappa shape index (κ2) is 6.75. The van der Waals surface area contributed by atoms with Gasteiger partial charge in [-0.3, -0.25) is 4.79 Å². The van der Waals surface area contributed by atoms with Crippen molar-refractivity contribution in [3.8, 4) is 5.75 Å². The summed E-state index contributed by atoms with van der Waals surface area (Å²) < 4.78 is 5.53. The third-order valence-electron chi connectivity index (χ3n) is 3.66. The van der Waals surface area contributed by atoms with E-state index in [-0.39, 0.29) is 18.6 Å². The van der Waals surface area contributed by atoms with Gasteiger partial charge < -0.3 is 15.4 Å². The zero-order chi connectivity index (χ0) is 14.5. The summed E-state index contributed by atoms with van der Waals surface area (Å²) >= 11 is 0. The summed E-state index contributed by atoms with van der Waals surface area (Å²) in [5, 5.41) is 0. The standard InChI is InChI=1S/C16H24N2O2/c1-12(17)3-4-13-5-9-15(10-6-13)20-11-16(19)18(2)14-7-8-14/h5-6,9-10,12,14H,3-4,7-8,11,17H2,1-2H3. The first-order chi connectivity index (χ1) is 9.56. The molecule has 1 atom stereocenters. The molecule has 2 rings (SSSR count). The SMILES string of the molecule is CC(N)CCc1ccc(OCC(=O)N(C)C2CC2)cc1. The van der Waals surface area contributed by atoms with Crippen LogP contribution in [-0.2, 0) is 11.2 Å². The summed E-state index contributed by atoms with van der Waals surface area (Å²) in [5.74, 6) is 0.792. The van der Waals surface area contributed by atoms with Crippen LogP contribution in [0.4, 0.5) is 0 Å². The number of hydrogen-bond acceptors (Lipinski definition) is 3. The molecular formula is C16H24N2O2. The Morgan fingerprint density at radius 1 is 1.40 bits per heavy atom. The van der Waals surface area contributed by atoms with E-state index in [1.54, 1.807) is 4.90 Å². The van der Waals surface area contributed by atoms with Crippen LogP contribution >= 0.6 is 0 Å². The summed E-state index contributed by atoms with van der Waals surface area (Å²) in [4.78, 5) is 13.6. The normalized spacial score (nSPS) is 15.8. The molecule has 4 heteroatoms. The highest BCUT2D eigenvalue weighted by Crippen LogP contribution is 2.25. The molecule has 0 bridgehead atoms.